The van der Waals surface area contributed by atoms with Crippen molar-refractivity contribution in [3.8, 4) is 0 Å². The molecule has 0 aliphatic rings. The van der Waals surface area contributed by atoms with Gasteiger partial charge in [-0.15, -0.1) is 0 Å². The molecule has 1 rings (SSSR count). The van der Waals surface area contributed by atoms with E-state index in [0.717, 1.165) is 0 Å². The van der Waals surface area contributed by atoms with Crippen molar-refractivity contribution in [2.75, 3.05) is 0 Å². The maximum Gasteiger partial charge on any atom is 0.386 e. The van der Waals surface area contributed by atoms with E-state index in [1.54, 1.807) is 0 Å². The second-order valence-electron chi connectivity index (χ2n) is 2.04. The average molecular weight is 224 g/mol. The minimum absolute atomic E-state index is 0.0885. The summed E-state index contributed by atoms with van der Waals surface area (Å²) in [4.78, 5) is 10.3. The lowest BCUT2D eigenvalue weighted by molar-refractivity contribution is 0.0573. The van der Waals surface area contributed by atoms with E-state index in [0.29, 0.717) is 0 Å². The van der Waals surface area contributed by atoms with Crippen molar-refractivity contribution in [3.05, 3.63) is 32.8 Å². The summed E-state index contributed by atoms with van der Waals surface area (Å²) in [5.74, 6) is -1.34. The lowest BCUT2D eigenvalue weighted by atomic mass is 10.2. The molecule has 0 saturated heterocycles. The molecule has 0 aliphatic heterocycles. The Morgan fingerprint density at radius 2 is 1.50 bits per heavy atom. The third-order valence-electron chi connectivity index (χ3n) is 1.22. The van der Waals surface area contributed by atoms with Crippen LogP contribution in [0.15, 0.2) is 12.1 Å². The summed E-state index contributed by atoms with van der Waals surface area (Å²) in [7, 11) is 0. The molecule has 2 nitrogen and oxygen atoms in total. The predicted octanol–water partition coefficient (Wildman–Crippen LogP) is 3.22. The fourth-order valence-electron chi connectivity index (χ4n) is 0.673. The summed E-state index contributed by atoms with van der Waals surface area (Å²) >= 11 is 16.7. The smallest absolute Gasteiger partial charge is 0.242 e. The van der Waals surface area contributed by atoms with Crippen LogP contribution in [0.25, 0.3) is 0 Å². The van der Waals surface area contributed by atoms with Crippen molar-refractivity contribution in [2.24, 2.45) is 0 Å². The van der Waals surface area contributed by atoms with Crippen LogP contribution in [0.2, 0.25) is 15.1 Å². The Morgan fingerprint density at radius 1 is 1.08 bits per heavy atom. The number of carbonyl (C=O) groups is 1. The molecule has 1 aromatic carbocycles. The number of benzene rings is 1. The minimum Gasteiger partial charge on any atom is -0.242 e. The molecule has 5 heteroatoms. The molecule has 0 fully saturated rings. The van der Waals surface area contributed by atoms with Gasteiger partial charge >= 0.3 is 5.97 Å². The molecule has 0 spiro atoms. The van der Waals surface area contributed by atoms with Gasteiger partial charge in [-0.2, -0.15) is 0 Å². The predicted molar refractivity (Wildman–Crippen MR) is 46.5 cm³/mol. The van der Waals surface area contributed by atoms with Gasteiger partial charge in [-0.3, -0.25) is 0 Å². The third-order valence-corrected chi connectivity index (χ3v) is 2.42. The molecule has 0 amide bonds. The molecule has 63 valence electrons. The first-order valence-electron chi connectivity index (χ1n) is 2.88. The van der Waals surface area contributed by atoms with Gasteiger partial charge in [0.05, 0.1) is 20.6 Å². The van der Waals surface area contributed by atoms with Crippen LogP contribution >= 0.6 is 34.8 Å². The highest BCUT2D eigenvalue weighted by molar-refractivity contribution is 6.48. The zero-order chi connectivity index (χ0) is 9.30. The van der Waals surface area contributed by atoms with E-state index in [2.05, 4.69) is 0 Å². The van der Waals surface area contributed by atoms with Gasteiger partial charge < -0.3 is 0 Å². The van der Waals surface area contributed by atoms with Gasteiger partial charge in [-0.05, 0) is 12.1 Å². The van der Waals surface area contributed by atoms with Crippen LogP contribution in [0.1, 0.15) is 10.4 Å². The molecular weight excluding hydrogens is 222 g/mol. The van der Waals surface area contributed by atoms with Gasteiger partial charge in [0.1, 0.15) is 0 Å². The molecule has 0 saturated carbocycles. The Kier molecular flexibility index (Phi) is 2.83. The van der Waals surface area contributed by atoms with Crippen molar-refractivity contribution < 1.29 is 9.90 Å². The number of carbonyl (C=O) groups excluding carboxylic acids is 1. The van der Waals surface area contributed by atoms with Gasteiger partial charge in [-0.25, -0.2) is 9.90 Å². The summed E-state index contributed by atoms with van der Waals surface area (Å²) in [5.41, 5.74) is -0.0885. The molecule has 0 atom stereocenters. The molecular formula is C7H2Cl3O2. The van der Waals surface area contributed by atoms with E-state index < -0.39 is 5.97 Å². The van der Waals surface area contributed by atoms with Crippen LogP contribution < -0.4 is 0 Å². The molecule has 0 aromatic heterocycles. The second-order valence-corrected chi connectivity index (χ2v) is 3.23. The zero-order valence-electron chi connectivity index (χ0n) is 5.61. The fourth-order valence-corrected chi connectivity index (χ4v) is 1.27. The number of hydrogen-bond acceptors (Lipinski definition) is 1. The van der Waals surface area contributed by atoms with Gasteiger partial charge in [-0.1, -0.05) is 34.8 Å². The van der Waals surface area contributed by atoms with Crippen LogP contribution in [0.4, 0.5) is 0 Å². The fraction of sp³-hybridized carbons (Fsp3) is 0. The number of halogens is 3. The van der Waals surface area contributed by atoms with E-state index in [-0.39, 0.29) is 20.6 Å². The highest BCUT2D eigenvalue weighted by Gasteiger charge is 2.11. The van der Waals surface area contributed by atoms with Crippen molar-refractivity contribution in [3.63, 3.8) is 0 Å². The van der Waals surface area contributed by atoms with Crippen LogP contribution in [0.5, 0.6) is 0 Å². The Hall–Kier alpha value is -0.440. The summed E-state index contributed by atoms with van der Waals surface area (Å²) in [5, 5.41) is 10.7. The van der Waals surface area contributed by atoms with Gasteiger partial charge in [0.25, 0.3) is 0 Å². The first kappa shape index (κ1) is 9.65. The topological polar surface area (TPSA) is 37.0 Å². The van der Waals surface area contributed by atoms with E-state index in [1.807, 2.05) is 0 Å². The van der Waals surface area contributed by atoms with Gasteiger partial charge in [0.15, 0.2) is 0 Å². The van der Waals surface area contributed by atoms with Crippen LogP contribution in [-0.2, 0) is 5.11 Å². The maximum atomic E-state index is 10.3. The van der Waals surface area contributed by atoms with E-state index >= 15 is 0 Å². The molecule has 1 aromatic rings. The first-order chi connectivity index (χ1) is 5.52. The summed E-state index contributed by atoms with van der Waals surface area (Å²) < 4.78 is 0. The second kappa shape index (κ2) is 3.52. The van der Waals surface area contributed by atoms with E-state index in [4.69, 9.17) is 34.8 Å². The van der Waals surface area contributed by atoms with Crippen molar-refractivity contribution in [1.82, 2.24) is 0 Å². The minimum atomic E-state index is -1.34. The summed E-state index contributed by atoms with van der Waals surface area (Å²) in [6, 6.07) is 2.37. The average Bonchev–Trinajstić information content (AvgIpc) is 1.99. The molecule has 0 heterocycles. The number of hydrogen-bond donors (Lipinski definition) is 0. The molecule has 0 unspecified atom stereocenters. The highest BCUT2D eigenvalue weighted by atomic mass is 35.5. The quantitative estimate of drug-likeness (QED) is 0.675. The number of rotatable bonds is 1. The lowest BCUT2D eigenvalue weighted by Gasteiger charge is -1.99. The zero-order valence-corrected chi connectivity index (χ0v) is 7.87. The van der Waals surface area contributed by atoms with Crippen molar-refractivity contribution in [1.29, 1.82) is 0 Å². The largest absolute Gasteiger partial charge is 0.386 e. The Labute approximate surface area is 83.7 Å². The van der Waals surface area contributed by atoms with Crippen LogP contribution in [0, 0.1) is 0 Å². The van der Waals surface area contributed by atoms with E-state index in [9.17, 15) is 9.90 Å². The van der Waals surface area contributed by atoms with Gasteiger partial charge in [0.2, 0.25) is 0 Å². The monoisotopic (exact) mass is 223 g/mol. The standard InChI is InChI=1S/C7H2Cl3O2/c8-4-1-3(7(11)12)2-5(9)6(4)10/h1-2H. The van der Waals surface area contributed by atoms with Crippen molar-refractivity contribution in [2.45, 2.75) is 0 Å². The first-order valence-corrected chi connectivity index (χ1v) is 4.01. The Bertz CT molecular complexity index is 312. The molecule has 1 radical (unpaired) electrons. The van der Waals surface area contributed by atoms with E-state index in [1.165, 1.54) is 12.1 Å². The van der Waals surface area contributed by atoms with Crippen LogP contribution in [-0.4, -0.2) is 5.97 Å². The molecule has 0 bridgehead atoms. The third kappa shape index (κ3) is 1.83. The normalized spacial score (nSPS) is 9.92. The SMILES string of the molecule is [O]C(=O)c1cc(Cl)c(Cl)c(Cl)c1. The summed E-state index contributed by atoms with van der Waals surface area (Å²) in [6.07, 6.45) is 0. The molecule has 0 aliphatic carbocycles. The Balaban J connectivity index is 3.31. The highest BCUT2D eigenvalue weighted by Crippen LogP contribution is 2.30. The van der Waals surface area contributed by atoms with Crippen molar-refractivity contribution >= 4 is 40.8 Å². The summed E-state index contributed by atoms with van der Waals surface area (Å²) in [6.45, 7) is 0. The molecule has 12 heavy (non-hydrogen) atoms. The van der Waals surface area contributed by atoms with Crippen LogP contribution in [0.3, 0.4) is 0 Å². The lowest BCUT2D eigenvalue weighted by Crippen LogP contribution is -1.93. The maximum absolute atomic E-state index is 10.3. The Morgan fingerprint density at radius 3 is 1.83 bits per heavy atom. The molecule has 0 N–H and O–H groups in total. The van der Waals surface area contributed by atoms with Gasteiger partial charge in [0, 0.05) is 0 Å².